The van der Waals surface area contributed by atoms with Crippen molar-refractivity contribution in [2.75, 3.05) is 0 Å². The molecule has 136 valence electrons. The molecule has 27 heavy (non-hydrogen) atoms. The lowest BCUT2D eigenvalue weighted by atomic mass is 10.2. The van der Waals surface area contributed by atoms with E-state index in [1.807, 2.05) is 67.1 Å². The Morgan fingerprint density at radius 2 is 1.85 bits per heavy atom. The lowest BCUT2D eigenvalue weighted by Gasteiger charge is -2.06. The molecular weight excluding hydrogens is 364 g/mol. The maximum Gasteiger partial charge on any atom is 0.417 e. The summed E-state index contributed by atoms with van der Waals surface area (Å²) in [6.07, 6.45) is 0.104. The van der Waals surface area contributed by atoms with Crippen LogP contribution < -0.4 is 4.74 Å². The predicted molar refractivity (Wildman–Crippen MR) is 102 cm³/mol. The predicted octanol–water partition coefficient (Wildman–Crippen LogP) is 4.77. The van der Waals surface area contributed by atoms with Crippen LogP contribution in [0.5, 0.6) is 6.08 Å². The Morgan fingerprint density at radius 3 is 2.56 bits per heavy atom. The van der Waals surface area contributed by atoms with E-state index in [1.165, 1.54) is 0 Å². The van der Waals surface area contributed by atoms with E-state index in [1.54, 1.807) is 6.07 Å². The van der Waals surface area contributed by atoms with Crippen LogP contribution in [-0.2, 0) is 6.61 Å². The van der Waals surface area contributed by atoms with E-state index in [0.717, 1.165) is 22.6 Å². The van der Waals surface area contributed by atoms with Gasteiger partial charge in [0.2, 0.25) is 5.82 Å². The Bertz CT molecular complexity index is 1070. The van der Waals surface area contributed by atoms with E-state index >= 15 is 0 Å². The van der Waals surface area contributed by atoms with Crippen molar-refractivity contribution in [3.8, 4) is 23.2 Å². The maximum atomic E-state index is 6.15. The van der Waals surface area contributed by atoms with Crippen LogP contribution in [0.15, 0.2) is 59.1 Å². The van der Waals surface area contributed by atoms with Crippen LogP contribution >= 0.6 is 11.6 Å². The molecule has 0 radical (unpaired) electrons. The number of aryl methyl sites for hydroxylation is 2. The van der Waals surface area contributed by atoms with Gasteiger partial charge < -0.3 is 4.74 Å². The molecular formula is C20H17ClN4O2. The summed E-state index contributed by atoms with van der Waals surface area (Å²) < 4.78 is 12.7. The highest BCUT2D eigenvalue weighted by molar-refractivity contribution is 6.33. The van der Waals surface area contributed by atoms with Crippen molar-refractivity contribution in [2.24, 2.45) is 0 Å². The van der Waals surface area contributed by atoms with Gasteiger partial charge in [0, 0.05) is 11.3 Å². The summed E-state index contributed by atoms with van der Waals surface area (Å²) in [6.45, 7) is 4.33. The van der Waals surface area contributed by atoms with Gasteiger partial charge in [0.15, 0.2) is 0 Å². The topological polar surface area (TPSA) is 66.0 Å². The molecule has 0 amide bonds. The van der Waals surface area contributed by atoms with E-state index < -0.39 is 0 Å². The summed E-state index contributed by atoms with van der Waals surface area (Å²) >= 11 is 6.15. The summed E-state index contributed by atoms with van der Waals surface area (Å²) in [5.74, 6) is 0.399. The van der Waals surface area contributed by atoms with Gasteiger partial charge in [-0.05, 0) is 49.7 Å². The largest absolute Gasteiger partial charge is 0.444 e. The first-order valence-electron chi connectivity index (χ1n) is 8.44. The number of nitrogens with zero attached hydrogens (tertiary/aromatic N) is 4. The summed E-state index contributed by atoms with van der Waals surface area (Å²) in [6, 6.07) is 17.3. The third-order valence-corrected chi connectivity index (χ3v) is 4.40. The van der Waals surface area contributed by atoms with Crippen molar-refractivity contribution in [1.82, 2.24) is 19.9 Å². The molecule has 0 spiro atoms. The molecule has 0 saturated heterocycles. The van der Waals surface area contributed by atoms with Crippen LogP contribution in [0.4, 0.5) is 0 Å². The fourth-order valence-corrected chi connectivity index (χ4v) is 3.01. The molecule has 6 nitrogen and oxygen atoms in total. The SMILES string of the molecule is Cc1cc(C)n(-c2ccc(COc3nc(-c4ccccc4Cl)no3)cc2)n1. The molecule has 0 N–H and O–H groups in total. The zero-order valence-corrected chi connectivity index (χ0v) is 15.6. The number of ether oxygens (including phenoxy) is 1. The molecule has 0 bridgehead atoms. The van der Waals surface area contributed by atoms with Gasteiger partial charge >= 0.3 is 6.08 Å². The smallest absolute Gasteiger partial charge is 0.417 e. The van der Waals surface area contributed by atoms with E-state index in [9.17, 15) is 0 Å². The second-order valence-electron chi connectivity index (χ2n) is 6.16. The summed E-state index contributed by atoms with van der Waals surface area (Å²) in [4.78, 5) is 4.24. The van der Waals surface area contributed by atoms with Gasteiger partial charge in [-0.2, -0.15) is 10.1 Å². The molecule has 0 aliphatic heterocycles. The Morgan fingerprint density at radius 1 is 1.07 bits per heavy atom. The molecule has 2 aromatic carbocycles. The van der Waals surface area contributed by atoms with Crippen molar-refractivity contribution in [2.45, 2.75) is 20.5 Å². The molecule has 4 rings (SSSR count). The molecule has 0 saturated carbocycles. The zero-order valence-electron chi connectivity index (χ0n) is 14.9. The lowest BCUT2D eigenvalue weighted by molar-refractivity contribution is 0.195. The number of rotatable bonds is 5. The number of benzene rings is 2. The number of halogens is 1. The Hall–Kier alpha value is -3.12. The second-order valence-corrected chi connectivity index (χ2v) is 6.56. The zero-order chi connectivity index (χ0) is 18.8. The van der Waals surface area contributed by atoms with Crippen molar-refractivity contribution < 1.29 is 9.26 Å². The Kier molecular flexibility index (Phi) is 4.64. The minimum atomic E-state index is 0.104. The fraction of sp³-hybridized carbons (Fsp3) is 0.150. The van der Waals surface area contributed by atoms with Crippen LogP contribution in [0.1, 0.15) is 17.0 Å². The van der Waals surface area contributed by atoms with Crippen LogP contribution in [-0.4, -0.2) is 19.9 Å². The number of hydrogen-bond acceptors (Lipinski definition) is 5. The molecule has 7 heteroatoms. The fourth-order valence-electron chi connectivity index (χ4n) is 2.79. The van der Waals surface area contributed by atoms with E-state index in [2.05, 4.69) is 15.2 Å². The first kappa shape index (κ1) is 17.3. The van der Waals surface area contributed by atoms with Gasteiger partial charge in [0.05, 0.1) is 16.4 Å². The molecule has 0 fully saturated rings. The van der Waals surface area contributed by atoms with Gasteiger partial charge in [-0.15, -0.1) is 0 Å². The average Bonchev–Trinajstić information content (AvgIpc) is 3.27. The highest BCUT2D eigenvalue weighted by Gasteiger charge is 2.12. The maximum absolute atomic E-state index is 6.15. The molecule has 4 aromatic rings. The highest BCUT2D eigenvalue weighted by Crippen LogP contribution is 2.26. The minimum Gasteiger partial charge on any atom is -0.444 e. The van der Waals surface area contributed by atoms with E-state index in [0.29, 0.717) is 23.0 Å². The first-order chi connectivity index (χ1) is 13.1. The molecule has 0 atom stereocenters. The number of aromatic nitrogens is 4. The molecule has 0 aliphatic rings. The van der Waals surface area contributed by atoms with Gasteiger partial charge in [-0.1, -0.05) is 41.0 Å². The summed E-state index contributed by atoms with van der Waals surface area (Å²) in [5, 5.41) is 8.96. The third-order valence-electron chi connectivity index (χ3n) is 4.07. The molecule has 2 heterocycles. The molecule has 0 unspecified atom stereocenters. The number of hydrogen-bond donors (Lipinski definition) is 0. The molecule has 2 aromatic heterocycles. The monoisotopic (exact) mass is 380 g/mol. The van der Waals surface area contributed by atoms with Crippen molar-refractivity contribution >= 4 is 11.6 Å². The van der Waals surface area contributed by atoms with Crippen LogP contribution in [0.2, 0.25) is 5.02 Å². The summed E-state index contributed by atoms with van der Waals surface area (Å²) in [5.41, 5.74) is 4.77. The van der Waals surface area contributed by atoms with Crippen LogP contribution in [0.25, 0.3) is 17.1 Å². The third kappa shape index (κ3) is 3.71. The first-order valence-corrected chi connectivity index (χ1v) is 8.82. The quantitative estimate of drug-likeness (QED) is 0.499. The normalized spacial score (nSPS) is 10.9. The Balaban J connectivity index is 1.44. The van der Waals surface area contributed by atoms with Crippen LogP contribution in [0, 0.1) is 13.8 Å². The van der Waals surface area contributed by atoms with Crippen molar-refractivity contribution in [3.05, 3.63) is 76.6 Å². The van der Waals surface area contributed by atoms with Gasteiger partial charge in [-0.25, -0.2) is 4.68 Å². The van der Waals surface area contributed by atoms with Crippen molar-refractivity contribution in [1.29, 1.82) is 0 Å². The Labute approximate surface area is 161 Å². The van der Waals surface area contributed by atoms with E-state index in [4.69, 9.17) is 20.9 Å². The lowest BCUT2D eigenvalue weighted by Crippen LogP contribution is -2.00. The standard InChI is InChI=1S/C20H17ClN4O2/c1-13-11-14(2)25(23-13)16-9-7-15(8-10-16)12-26-20-22-19(24-27-20)17-5-3-4-6-18(17)21/h3-11H,12H2,1-2H3. The van der Waals surface area contributed by atoms with Gasteiger partial charge in [0.1, 0.15) is 6.61 Å². The van der Waals surface area contributed by atoms with Crippen LogP contribution in [0.3, 0.4) is 0 Å². The van der Waals surface area contributed by atoms with Gasteiger partial charge in [0.25, 0.3) is 0 Å². The second kappa shape index (κ2) is 7.25. The average molecular weight is 381 g/mol. The minimum absolute atomic E-state index is 0.104. The summed E-state index contributed by atoms with van der Waals surface area (Å²) in [7, 11) is 0. The van der Waals surface area contributed by atoms with Crippen molar-refractivity contribution in [3.63, 3.8) is 0 Å². The molecule has 0 aliphatic carbocycles. The van der Waals surface area contributed by atoms with Gasteiger partial charge in [-0.3, -0.25) is 4.52 Å². The highest BCUT2D eigenvalue weighted by atomic mass is 35.5. The van der Waals surface area contributed by atoms with E-state index in [-0.39, 0.29) is 6.08 Å².